The molecular formula is C41H38N4OPt. The van der Waals surface area contributed by atoms with Crippen LogP contribution in [-0.4, -0.2) is 26.0 Å². The number of fused-ring (bicyclic) bond motifs is 6. The molecule has 6 heteroatoms. The molecule has 0 fully saturated rings. The predicted molar refractivity (Wildman–Crippen MR) is 186 cm³/mol. The molecule has 0 N–H and O–H groups in total. The van der Waals surface area contributed by atoms with E-state index in [1.165, 1.54) is 33.4 Å². The average molecular weight is 798 g/mol. The van der Waals surface area contributed by atoms with E-state index in [0.717, 1.165) is 45.0 Å². The summed E-state index contributed by atoms with van der Waals surface area (Å²) in [6.07, 6.45) is 4.55. The van der Waals surface area contributed by atoms with Gasteiger partial charge in [-0.15, -0.1) is 41.5 Å². The van der Waals surface area contributed by atoms with Crippen molar-refractivity contribution in [3.8, 4) is 17.1 Å². The van der Waals surface area contributed by atoms with E-state index in [4.69, 9.17) is 19.7 Å². The van der Waals surface area contributed by atoms with Crippen LogP contribution in [0.4, 0.5) is 0 Å². The fraction of sp³-hybridized carbons (Fsp3) is 0.293. The Balaban J connectivity index is 0.00000351. The van der Waals surface area contributed by atoms with Crippen molar-refractivity contribution in [3.63, 3.8) is 0 Å². The first-order valence-electron chi connectivity index (χ1n) is 16.1. The molecule has 0 amide bonds. The Morgan fingerprint density at radius 1 is 0.830 bits per heavy atom. The summed E-state index contributed by atoms with van der Waals surface area (Å²) in [6, 6.07) is 28.8. The van der Waals surface area contributed by atoms with Gasteiger partial charge in [-0.25, -0.2) is 0 Å². The van der Waals surface area contributed by atoms with Crippen molar-refractivity contribution in [3.05, 3.63) is 124 Å². The topological polar surface area (TPSA) is 52.3 Å². The van der Waals surface area contributed by atoms with Crippen molar-refractivity contribution in [2.45, 2.75) is 78.4 Å². The van der Waals surface area contributed by atoms with Gasteiger partial charge in [-0.1, -0.05) is 62.1 Å². The molecule has 2 aliphatic rings. The molecule has 2 atom stereocenters. The smallest absolute Gasteiger partial charge is 0.526 e. The van der Waals surface area contributed by atoms with Crippen LogP contribution in [0.15, 0.2) is 78.0 Å². The van der Waals surface area contributed by atoms with Crippen LogP contribution >= 0.6 is 0 Å². The summed E-state index contributed by atoms with van der Waals surface area (Å²) in [5, 5.41) is 2.27. The standard InChI is InChI=1S/C41H38N4O.Pt/c1-24-9-14-35-31(19-24)30-12-11-27(34-22-29(16-18-42-34)39(4,5)6)20-36(30)45(35)37-21-28(15-17-43-37)38-44-41(8)33-13-10-25(2)26(3)32(33)23-40(41,7)46-38;/h9-19,22H,23H2,1-8H3;/q-2;+2/t40-,41+;/m0./s1. The molecule has 47 heavy (non-hydrogen) atoms. The number of aryl methyl sites for hydroxylation is 2. The van der Waals surface area contributed by atoms with Crippen LogP contribution in [0.2, 0.25) is 0 Å². The molecule has 0 bridgehead atoms. The number of aromatic nitrogens is 3. The Hall–Kier alpha value is -4.08. The maximum Gasteiger partial charge on any atom is 2.00 e. The van der Waals surface area contributed by atoms with Crippen molar-refractivity contribution in [2.24, 2.45) is 4.99 Å². The van der Waals surface area contributed by atoms with Crippen LogP contribution in [0.25, 0.3) is 38.9 Å². The number of benzene rings is 3. The van der Waals surface area contributed by atoms with Crippen molar-refractivity contribution >= 4 is 27.7 Å². The molecular weight excluding hydrogens is 760 g/mol. The SMILES string of the molecule is Cc1ccc2c(c1)c1ccc(-c3cc(C(C)(C)C)ccn3)[c-]c1n2-c1[c-]c(C2=N[C@]3(C)c4ccc(C)c(C)c4C[C@]3(C)O2)ccn1.[Pt+2]. The minimum absolute atomic E-state index is 0. The number of ether oxygens (including phenoxy) is 1. The third-order valence-corrected chi connectivity index (χ3v) is 10.4. The van der Waals surface area contributed by atoms with Gasteiger partial charge in [0.1, 0.15) is 17.0 Å². The molecule has 0 spiro atoms. The molecule has 6 aromatic rings. The number of rotatable bonds is 3. The number of hydrogen-bond donors (Lipinski definition) is 0. The molecule has 0 unspecified atom stereocenters. The summed E-state index contributed by atoms with van der Waals surface area (Å²) in [6.45, 7) is 17.6. The number of pyridine rings is 2. The first-order valence-corrected chi connectivity index (χ1v) is 16.1. The maximum atomic E-state index is 6.78. The van der Waals surface area contributed by atoms with Gasteiger partial charge in [0.2, 0.25) is 0 Å². The van der Waals surface area contributed by atoms with Gasteiger partial charge in [0, 0.05) is 18.1 Å². The minimum Gasteiger partial charge on any atom is -0.526 e. The minimum atomic E-state index is -0.477. The third kappa shape index (κ3) is 4.72. The Kier molecular flexibility index (Phi) is 7.19. The zero-order valence-corrected chi connectivity index (χ0v) is 30.4. The van der Waals surface area contributed by atoms with E-state index in [2.05, 4.69) is 127 Å². The zero-order chi connectivity index (χ0) is 32.2. The van der Waals surface area contributed by atoms with Crippen molar-refractivity contribution < 1.29 is 25.8 Å². The molecule has 238 valence electrons. The quantitative estimate of drug-likeness (QED) is 0.168. The van der Waals surface area contributed by atoms with Gasteiger partial charge in [-0.3, -0.25) is 9.98 Å². The molecule has 4 heterocycles. The summed E-state index contributed by atoms with van der Waals surface area (Å²) < 4.78 is 8.94. The van der Waals surface area contributed by atoms with Crippen molar-refractivity contribution in [2.75, 3.05) is 0 Å². The molecule has 1 aliphatic heterocycles. The van der Waals surface area contributed by atoms with E-state index >= 15 is 0 Å². The Labute approximate surface area is 291 Å². The fourth-order valence-electron chi connectivity index (χ4n) is 7.31. The van der Waals surface area contributed by atoms with Crippen LogP contribution in [0.1, 0.15) is 73.6 Å². The molecule has 8 rings (SSSR count). The second-order valence-corrected chi connectivity index (χ2v) is 14.5. The first kappa shape index (κ1) is 31.5. The summed E-state index contributed by atoms with van der Waals surface area (Å²) in [5.74, 6) is 1.29. The van der Waals surface area contributed by atoms with E-state index in [-0.39, 0.29) is 26.5 Å². The van der Waals surface area contributed by atoms with Gasteiger partial charge < -0.3 is 14.3 Å². The number of hydrogen-bond acceptors (Lipinski definition) is 4. The van der Waals surface area contributed by atoms with Crippen molar-refractivity contribution in [1.82, 2.24) is 14.5 Å². The summed E-state index contributed by atoms with van der Waals surface area (Å²) in [7, 11) is 0. The Morgan fingerprint density at radius 3 is 2.40 bits per heavy atom. The van der Waals surface area contributed by atoms with Crippen LogP contribution in [0, 0.1) is 32.9 Å². The van der Waals surface area contributed by atoms with Gasteiger partial charge in [-0.2, -0.15) is 0 Å². The molecule has 3 aromatic heterocycles. The monoisotopic (exact) mass is 797 g/mol. The van der Waals surface area contributed by atoms with E-state index < -0.39 is 11.1 Å². The second kappa shape index (κ2) is 10.7. The second-order valence-electron chi connectivity index (χ2n) is 14.5. The Bertz CT molecular complexity index is 2280. The largest absolute Gasteiger partial charge is 2.00 e. The Morgan fingerprint density at radius 2 is 1.62 bits per heavy atom. The van der Waals surface area contributed by atoms with Gasteiger partial charge in [0.15, 0.2) is 0 Å². The number of aliphatic imine (C=N–C) groups is 1. The van der Waals surface area contributed by atoms with E-state index in [1.54, 1.807) is 0 Å². The summed E-state index contributed by atoms with van der Waals surface area (Å²) in [4.78, 5) is 14.9. The summed E-state index contributed by atoms with van der Waals surface area (Å²) >= 11 is 0. The van der Waals surface area contributed by atoms with E-state index in [0.29, 0.717) is 11.7 Å². The third-order valence-electron chi connectivity index (χ3n) is 10.4. The van der Waals surface area contributed by atoms with Crippen LogP contribution in [-0.2, 0) is 43.2 Å². The summed E-state index contributed by atoms with van der Waals surface area (Å²) in [5.41, 5.74) is 11.4. The molecule has 0 saturated heterocycles. The van der Waals surface area contributed by atoms with Crippen LogP contribution in [0.3, 0.4) is 0 Å². The molecule has 0 saturated carbocycles. The average Bonchev–Trinajstić information content (AvgIpc) is 3.57. The molecule has 1 aliphatic carbocycles. The molecule has 5 nitrogen and oxygen atoms in total. The molecule has 0 radical (unpaired) electrons. The van der Waals surface area contributed by atoms with Gasteiger partial charge in [0.25, 0.3) is 0 Å². The van der Waals surface area contributed by atoms with Gasteiger partial charge in [0.05, 0.1) is 5.82 Å². The predicted octanol–water partition coefficient (Wildman–Crippen LogP) is 9.07. The fourth-order valence-corrected chi connectivity index (χ4v) is 7.31. The van der Waals surface area contributed by atoms with E-state index in [9.17, 15) is 0 Å². The van der Waals surface area contributed by atoms with Gasteiger partial charge >= 0.3 is 21.1 Å². The van der Waals surface area contributed by atoms with Gasteiger partial charge in [-0.05, 0) is 103 Å². The van der Waals surface area contributed by atoms with E-state index in [1.807, 2.05) is 18.5 Å². The van der Waals surface area contributed by atoms with Crippen molar-refractivity contribution in [1.29, 1.82) is 0 Å². The number of nitrogens with zero attached hydrogens (tertiary/aromatic N) is 4. The first-order chi connectivity index (χ1) is 21.9. The normalized spacial score (nSPS) is 20.1. The molecule has 3 aromatic carbocycles. The maximum absolute atomic E-state index is 6.78. The van der Waals surface area contributed by atoms with Crippen LogP contribution < -0.4 is 0 Å². The zero-order valence-electron chi connectivity index (χ0n) is 28.1. The van der Waals surface area contributed by atoms with Crippen LogP contribution in [0.5, 0.6) is 0 Å².